The Labute approximate surface area is 156 Å². The van der Waals surface area contributed by atoms with Crippen LogP contribution in [0.1, 0.15) is 6.42 Å². The Bertz CT molecular complexity index is 304. The van der Waals surface area contributed by atoms with Gasteiger partial charge in [0.25, 0.3) is 0 Å². The van der Waals surface area contributed by atoms with E-state index in [0.29, 0.717) is 72.7 Å². The molecule has 0 saturated carbocycles. The predicted octanol–water partition coefficient (Wildman–Crippen LogP) is 0.122. The van der Waals surface area contributed by atoms with Gasteiger partial charge in [-0.05, 0) is 14.1 Å². The van der Waals surface area contributed by atoms with Crippen LogP contribution in [0, 0.1) is 0 Å². The summed E-state index contributed by atoms with van der Waals surface area (Å²) in [6.45, 7) is 6.87. The van der Waals surface area contributed by atoms with E-state index < -0.39 is 5.97 Å². The van der Waals surface area contributed by atoms with Crippen molar-refractivity contribution in [1.82, 2.24) is 4.90 Å². The van der Waals surface area contributed by atoms with Crippen molar-refractivity contribution in [3.63, 3.8) is 0 Å². The van der Waals surface area contributed by atoms with E-state index in [9.17, 15) is 4.79 Å². The van der Waals surface area contributed by atoms with E-state index >= 15 is 0 Å². The van der Waals surface area contributed by atoms with Gasteiger partial charge in [0.2, 0.25) is 0 Å². The molecule has 0 unspecified atom stereocenters. The van der Waals surface area contributed by atoms with Gasteiger partial charge in [-0.3, -0.25) is 4.79 Å². The van der Waals surface area contributed by atoms with Gasteiger partial charge in [-0.1, -0.05) is 0 Å². The minimum atomic E-state index is -0.863. The Hall–Kier alpha value is -0.810. The quantitative estimate of drug-likeness (QED) is 0.278. The summed E-state index contributed by atoms with van der Waals surface area (Å²) in [4.78, 5) is 12.3. The topological polar surface area (TPSA) is 95.9 Å². The van der Waals surface area contributed by atoms with Crippen LogP contribution in [0.4, 0.5) is 0 Å². The van der Waals surface area contributed by atoms with Gasteiger partial charge in [0.1, 0.15) is 0 Å². The van der Waals surface area contributed by atoms with Crippen molar-refractivity contribution in [3.8, 4) is 0 Å². The zero-order chi connectivity index (χ0) is 19.3. The molecule has 0 amide bonds. The van der Waals surface area contributed by atoms with E-state index in [1.54, 1.807) is 0 Å². The van der Waals surface area contributed by atoms with E-state index in [1.165, 1.54) is 0 Å². The average molecular weight is 381 g/mol. The summed E-state index contributed by atoms with van der Waals surface area (Å²) in [6, 6.07) is 0. The molecular weight excluding hydrogens is 346 g/mol. The van der Waals surface area contributed by atoms with Crippen LogP contribution >= 0.6 is 0 Å². The number of rotatable bonds is 21. The summed E-state index contributed by atoms with van der Waals surface area (Å²) in [7, 11) is 4.02. The minimum absolute atomic E-state index is 0.0126. The zero-order valence-corrected chi connectivity index (χ0v) is 16.2. The normalized spacial score (nSPS) is 11.3. The van der Waals surface area contributed by atoms with Crippen LogP contribution in [0.3, 0.4) is 0 Å². The van der Waals surface area contributed by atoms with Gasteiger partial charge in [-0.25, -0.2) is 0 Å². The molecule has 0 aromatic heterocycles. The molecule has 9 heteroatoms. The second-order valence-corrected chi connectivity index (χ2v) is 5.62. The fourth-order valence-electron chi connectivity index (χ4n) is 1.61. The number of aliphatic carboxylic acids is 1. The first-order valence-corrected chi connectivity index (χ1v) is 8.96. The number of ether oxygens (including phenoxy) is 6. The molecule has 1 N–H and O–H groups in total. The molecule has 0 aromatic rings. The van der Waals surface area contributed by atoms with Gasteiger partial charge >= 0.3 is 5.97 Å². The van der Waals surface area contributed by atoms with Crippen molar-refractivity contribution in [3.05, 3.63) is 0 Å². The molecule has 0 aliphatic carbocycles. The fourth-order valence-corrected chi connectivity index (χ4v) is 1.61. The maximum atomic E-state index is 10.2. The van der Waals surface area contributed by atoms with Gasteiger partial charge in [0.05, 0.1) is 85.7 Å². The second-order valence-electron chi connectivity index (χ2n) is 5.62. The van der Waals surface area contributed by atoms with Crippen LogP contribution in [0.2, 0.25) is 0 Å². The lowest BCUT2D eigenvalue weighted by atomic mass is 10.5. The first-order valence-electron chi connectivity index (χ1n) is 8.96. The highest BCUT2D eigenvalue weighted by Crippen LogP contribution is 1.86. The van der Waals surface area contributed by atoms with E-state index in [-0.39, 0.29) is 13.0 Å². The van der Waals surface area contributed by atoms with Gasteiger partial charge in [-0.2, -0.15) is 0 Å². The van der Waals surface area contributed by atoms with E-state index in [2.05, 4.69) is 4.90 Å². The van der Waals surface area contributed by atoms with Gasteiger partial charge in [-0.15, -0.1) is 0 Å². The van der Waals surface area contributed by atoms with Crippen LogP contribution in [0.25, 0.3) is 0 Å². The first-order chi connectivity index (χ1) is 12.6. The molecule has 0 aliphatic rings. The largest absolute Gasteiger partial charge is 0.481 e. The SMILES string of the molecule is CN(C)CCOCCOCCOCCOCCOCCOCCC(=O)O. The maximum Gasteiger partial charge on any atom is 0.305 e. The number of hydrogen-bond acceptors (Lipinski definition) is 8. The lowest BCUT2D eigenvalue weighted by Gasteiger charge is -2.10. The first kappa shape index (κ1) is 25.2. The van der Waals surface area contributed by atoms with Gasteiger partial charge < -0.3 is 38.4 Å². The molecule has 0 aliphatic heterocycles. The Kier molecular flexibility index (Phi) is 19.9. The maximum absolute atomic E-state index is 10.2. The molecule has 0 heterocycles. The number of nitrogens with zero attached hydrogens (tertiary/aromatic N) is 1. The molecule has 0 fully saturated rings. The minimum Gasteiger partial charge on any atom is -0.481 e. The summed E-state index contributed by atoms with van der Waals surface area (Å²) >= 11 is 0. The summed E-state index contributed by atoms with van der Waals surface area (Å²) in [5.74, 6) is -0.863. The third-order valence-corrected chi connectivity index (χ3v) is 3.00. The van der Waals surface area contributed by atoms with E-state index in [1.807, 2.05) is 14.1 Å². The summed E-state index contributed by atoms with van der Waals surface area (Å²) in [5.41, 5.74) is 0. The molecule has 156 valence electrons. The number of carbonyl (C=O) groups is 1. The molecule has 0 aromatic carbocycles. The molecule has 0 saturated heterocycles. The van der Waals surface area contributed by atoms with Crippen molar-refractivity contribution < 1.29 is 38.3 Å². The zero-order valence-electron chi connectivity index (χ0n) is 16.2. The van der Waals surface area contributed by atoms with Crippen LogP contribution < -0.4 is 0 Å². The Balaban J connectivity index is 3.00. The second kappa shape index (κ2) is 20.5. The summed E-state index contributed by atoms with van der Waals surface area (Å²) in [5, 5.41) is 8.42. The highest BCUT2D eigenvalue weighted by atomic mass is 16.6. The molecule has 0 spiro atoms. The molecule has 0 atom stereocenters. The smallest absolute Gasteiger partial charge is 0.305 e. The van der Waals surface area contributed by atoms with Crippen LogP contribution in [-0.4, -0.2) is 116 Å². The summed E-state index contributed by atoms with van der Waals surface area (Å²) in [6.07, 6.45) is 0.0126. The van der Waals surface area contributed by atoms with Crippen LogP contribution in [-0.2, 0) is 33.2 Å². The molecule has 0 rings (SSSR count). The van der Waals surface area contributed by atoms with Crippen molar-refractivity contribution in [2.45, 2.75) is 6.42 Å². The van der Waals surface area contributed by atoms with Crippen molar-refractivity contribution in [1.29, 1.82) is 0 Å². The standard InChI is InChI=1S/C17H35NO8/c1-18(2)4-6-22-8-10-24-12-14-26-16-15-25-13-11-23-9-7-21-5-3-17(19)20/h3-16H2,1-2H3,(H,19,20). The third kappa shape index (κ3) is 23.2. The third-order valence-electron chi connectivity index (χ3n) is 3.00. The molecule has 0 bridgehead atoms. The Morgan fingerprint density at radius 1 is 0.615 bits per heavy atom. The molecule has 26 heavy (non-hydrogen) atoms. The predicted molar refractivity (Wildman–Crippen MR) is 95.7 cm³/mol. The lowest BCUT2D eigenvalue weighted by Crippen LogP contribution is -2.19. The van der Waals surface area contributed by atoms with E-state index in [0.717, 1.165) is 6.54 Å². The lowest BCUT2D eigenvalue weighted by molar-refractivity contribution is -0.138. The summed E-state index contributed by atoms with van der Waals surface area (Å²) < 4.78 is 31.9. The van der Waals surface area contributed by atoms with Crippen LogP contribution in [0.5, 0.6) is 0 Å². The highest BCUT2D eigenvalue weighted by Gasteiger charge is 1.97. The van der Waals surface area contributed by atoms with Crippen molar-refractivity contribution >= 4 is 5.97 Å². The number of hydrogen-bond donors (Lipinski definition) is 1. The van der Waals surface area contributed by atoms with Crippen LogP contribution in [0.15, 0.2) is 0 Å². The number of likely N-dealkylation sites (N-methyl/N-ethyl adjacent to an activating group) is 1. The monoisotopic (exact) mass is 381 g/mol. The Morgan fingerprint density at radius 3 is 1.23 bits per heavy atom. The van der Waals surface area contributed by atoms with E-state index in [4.69, 9.17) is 33.5 Å². The Morgan fingerprint density at radius 2 is 0.923 bits per heavy atom. The highest BCUT2D eigenvalue weighted by molar-refractivity contribution is 5.66. The fraction of sp³-hybridized carbons (Fsp3) is 0.941. The van der Waals surface area contributed by atoms with Gasteiger partial charge in [0.15, 0.2) is 0 Å². The van der Waals surface area contributed by atoms with Crippen molar-refractivity contribution in [2.75, 3.05) is 99.9 Å². The molecule has 0 radical (unpaired) electrons. The van der Waals surface area contributed by atoms with Crippen molar-refractivity contribution in [2.24, 2.45) is 0 Å². The number of carboxylic acids is 1. The average Bonchev–Trinajstić information content (AvgIpc) is 2.59. The van der Waals surface area contributed by atoms with Gasteiger partial charge in [0, 0.05) is 6.54 Å². The number of carboxylic acid groups (broad SMARTS) is 1. The molecule has 9 nitrogen and oxygen atoms in total. The molecular formula is C17H35NO8.